The first kappa shape index (κ1) is 15.7. The molecule has 1 atom stereocenters. The zero-order valence-electron chi connectivity index (χ0n) is 11.4. The second-order valence-corrected chi connectivity index (χ2v) is 4.99. The van der Waals surface area contributed by atoms with Gasteiger partial charge in [-0.25, -0.2) is 0 Å². The Balaban J connectivity index is 2.91. The normalized spacial score (nSPS) is 14.1. The predicted octanol–water partition coefficient (Wildman–Crippen LogP) is 1.83. The van der Waals surface area contributed by atoms with Gasteiger partial charge in [0.2, 0.25) is 0 Å². The lowest BCUT2D eigenvalue weighted by Gasteiger charge is -2.28. The van der Waals surface area contributed by atoms with Gasteiger partial charge in [-0.2, -0.15) is 0 Å². The maximum absolute atomic E-state index is 11.7. The van der Waals surface area contributed by atoms with Crippen molar-refractivity contribution in [3.05, 3.63) is 35.4 Å². The van der Waals surface area contributed by atoms with E-state index in [0.717, 1.165) is 24.0 Å². The van der Waals surface area contributed by atoms with E-state index in [4.69, 9.17) is 10.8 Å². The number of hydrogen-bond acceptors (Lipinski definition) is 3. The van der Waals surface area contributed by atoms with E-state index >= 15 is 0 Å². The molecule has 0 fully saturated rings. The molecule has 0 bridgehead atoms. The number of carboxylic acid groups (broad SMARTS) is 1. The summed E-state index contributed by atoms with van der Waals surface area (Å²) in [7, 11) is 0. The van der Waals surface area contributed by atoms with Gasteiger partial charge in [0, 0.05) is 13.2 Å². The molecular weight excluding hydrogens is 242 g/mol. The van der Waals surface area contributed by atoms with Crippen LogP contribution in [0.3, 0.4) is 0 Å². The molecule has 4 heteroatoms. The lowest BCUT2D eigenvalue weighted by molar-refractivity contribution is -0.143. The van der Waals surface area contributed by atoms with Crippen LogP contribution in [0.15, 0.2) is 24.3 Å². The van der Waals surface area contributed by atoms with Crippen LogP contribution >= 0.6 is 0 Å². The fraction of sp³-hybridized carbons (Fsp3) is 0.533. The average Bonchev–Trinajstić information content (AvgIpc) is 2.40. The number of carbonyl (C=O) groups is 1. The van der Waals surface area contributed by atoms with Gasteiger partial charge in [-0.05, 0) is 25.3 Å². The summed E-state index contributed by atoms with van der Waals surface area (Å²) in [5, 5.41) is 18.3. The number of hydrogen-bond donors (Lipinski definition) is 3. The molecule has 0 aromatic heterocycles. The number of aliphatic hydroxyl groups excluding tert-OH is 1. The quantitative estimate of drug-likeness (QED) is 0.626. The fourth-order valence-electron chi connectivity index (χ4n) is 2.27. The van der Waals surface area contributed by atoms with Gasteiger partial charge in [-0.15, -0.1) is 0 Å². The maximum Gasteiger partial charge on any atom is 0.315 e. The number of benzene rings is 1. The van der Waals surface area contributed by atoms with Crippen LogP contribution in [0.2, 0.25) is 0 Å². The molecule has 1 aromatic carbocycles. The van der Waals surface area contributed by atoms with Gasteiger partial charge < -0.3 is 15.9 Å². The second-order valence-electron chi connectivity index (χ2n) is 4.99. The Kier molecular flexibility index (Phi) is 5.99. The molecule has 0 radical (unpaired) electrons. The molecule has 4 N–H and O–H groups in total. The van der Waals surface area contributed by atoms with E-state index in [1.54, 1.807) is 0 Å². The van der Waals surface area contributed by atoms with Gasteiger partial charge in [-0.1, -0.05) is 42.7 Å². The Bertz CT molecular complexity index is 402. The first-order valence-electron chi connectivity index (χ1n) is 6.68. The van der Waals surface area contributed by atoms with Gasteiger partial charge in [-0.3, -0.25) is 4.79 Å². The first-order chi connectivity index (χ1) is 9.06. The minimum atomic E-state index is -1.01. The molecule has 0 heterocycles. The van der Waals surface area contributed by atoms with Crippen molar-refractivity contribution in [3.8, 4) is 0 Å². The largest absolute Gasteiger partial charge is 0.481 e. The Morgan fingerprint density at radius 3 is 2.32 bits per heavy atom. The van der Waals surface area contributed by atoms with Gasteiger partial charge in [0.05, 0.1) is 0 Å². The highest BCUT2D eigenvalue weighted by Gasteiger charge is 2.38. The van der Waals surface area contributed by atoms with Gasteiger partial charge in [0.1, 0.15) is 5.41 Å². The number of rotatable bonds is 8. The van der Waals surface area contributed by atoms with Crippen LogP contribution in [0, 0.1) is 6.92 Å². The van der Waals surface area contributed by atoms with E-state index in [9.17, 15) is 9.90 Å². The third kappa shape index (κ3) is 3.78. The molecule has 0 aliphatic rings. The van der Waals surface area contributed by atoms with E-state index in [2.05, 4.69) is 0 Å². The van der Waals surface area contributed by atoms with Crippen molar-refractivity contribution in [2.24, 2.45) is 5.73 Å². The molecule has 0 saturated carbocycles. The van der Waals surface area contributed by atoms with Crippen molar-refractivity contribution in [2.75, 3.05) is 13.2 Å². The van der Waals surface area contributed by atoms with E-state index < -0.39 is 11.4 Å². The molecule has 0 aliphatic heterocycles. The summed E-state index contributed by atoms with van der Waals surface area (Å²) >= 11 is 0. The van der Waals surface area contributed by atoms with Gasteiger partial charge in [0.25, 0.3) is 0 Å². The van der Waals surface area contributed by atoms with E-state index in [-0.39, 0.29) is 13.2 Å². The van der Waals surface area contributed by atoms with Crippen molar-refractivity contribution in [1.29, 1.82) is 0 Å². The summed E-state index contributed by atoms with van der Waals surface area (Å²) in [5.41, 5.74) is 6.61. The van der Waals surface area contributed by atoms with Crippen LogP contribution in [0.1, 0.15) is 36.8 Å². The van der Waals surface area contributed by atoms with Crippen LogP contribution in [0.4, 0.5) is 0 Å². The zero-order chi connectivity index (χ0) is 14.3. The number of aryl methyl sites for hydroxylation is 1. The van der Waals surface area contributed by atoms with Crippen LogP contribution in [0.25, 0.3) is 0 Å². The highest BCUT2D eigenvalue weighted by atomic mass is 16.4. The van der Waals surface area contributed by atoms with E-state index in [1.807, 2.05) is 31.2 Å². The van der Waals surface area contributed by atoms with Gasteiger partial charge in [0.15, 0.2) is 0 Å². The summed E-state index contributed by atoms with van der Waals surface area (Å²) < 4.78 is 0. The molecule has 4 nitrogen and oxygen atoms in total. The molecule has 1 aromatic rings. The predicted molar refractivity (Wildman–Crippen MR) is 75.1 cm³/mol. The van der Waals surface area contributed by atoms with Crippen molar-refractivity contribution in [1.82, 2.24) is 0 Å². The van der Waals surface area contributed by atoms with Crippen molar-refractivity contribution in [3.63, 3.8) is 0 Å². The molecule has 0 spiro atoms. The minimum absolute atomic E-state index is 0.0878. The number of aliphatic carboxylic acids is 1. The smallest absolute Gasteiger partial charge is 0.315 e. The maximum atomic E-state index is 11.7. The lowest BCUT2D eigenvalue weighted by atomic mass is 9.76. The first-order valence-corrected chi connectivity index (χ1v) is 6.68. The molecule has 0 saturated heterocycles. The van der Waals surface area contributed by atoms with Crippen LogP contribution in [0.5, 0.6) is 0 Å². The Labute approximate surface area is 114 Å². The number of nitrogens with two attached hydrogens (primary N) is 1. The molecule has 0 amide bonds. The average molecular weight is 265 g/mol. The third-order valence-corrected chi connectivity index (χ3v) is 3.62. The summed E-state index contributed by atoms with van der Waals surface area (Å²) in [6.07, 6.45) is 2.77. The molecule has 19 heavy (non-hydrogen) atoms. The second kappa shape index (κ2) is 7.26. The lowest BCUT2D eigenvalue weighted by Crippen LogP contribution is -2.43. The zero-order valence-corrected chi connectivity index (χ0v) is 11.4. The van der Waals surface area contributed by atoms with Gasteiger partial charge >= 0.3 is 5.97 Å². The molecule has 0 aliphatic carbocycles. The Morgan fingerprint density at radius 2 is 1.84 bits per heavy atom. The monoisotopic (exact) mass is 265 g/mol. The summed E-state index contributed by atoms with van der Waals surface area (Å²) in [6.45, 7) is 2.20. The number of carboxylic acids is 1. The SMILES string of the molecule is Cc1ccc(C(CN)(CCCCCO)C(=O)O)cc1. The minimum Gasteiger partial charge on any atom is -0.481 e. The topological polar surface area (TPSA) is 83.5 Å². The summed E-state index contributed by atoms with van der Waals surface area (Å²) in [5.74, 6) is -0.872. The molecule has 1 rings (SSSR count). The van der Waals surface area contributed by atoms with E-state index in [1.165, 1.54) is 0 Å². The summed E-state index contributed by atoms with van der Waals surface area (Å²) in [6, 6.07) is 7.53. The van der Waals surface area contributed by atoms with E-state index in [0.29, 0.717) is 12.8 Å². The standard InChI is InChI=1S/C15H23NO3/c1-12-5-7-13(8-6-12)15(11-16,14(18)19)9-3-2-4-10-17/h5-8,17H,2-4,9-11,16H2,1H3,(H,18,19). The molecular formula is C15H23NO3. The Hall–Kier alpha value is -1.39. The molecule has 106 valence electrons. The highest BCUT2D eigenvalue weighted by molar-refractivity contribution is 5.81. The van der Waals surface area contributed by atoms with Crippen LogP contribution in [-0.4, -0.2) is 29.3 Å². The van der Waals surface area contributed by atoms with Crippen molar-refractivity contribution >= 4 is 5.97 Å². The Morgan fingerprint density at radius 1 is 1.21 bits per heavy atom. The number of unbranched alkanes of at least 4 members (excludes halogenated alkanes) is 2. The highest BCUT2D eigenvalue weighted by Crippen LogP contribution is 2.30. The third-order valence-electron chi connectivity index (χ3n) is 3.62. The van der Waals surface area contributed by atoms with Crippen LogP contribution in [-0.2, 0) is 10.2 Å². The van der Waals surface area contributed by atoms with Crippen molar-refractivity contribution in [2.45, 2.75) is 38.0 Å². The molecule has 1 unspecified atom stereocenters. The van der Waals surface area contributed by atoms with Crippen molar-refractivity contribution < 1.29 is 15.0 Å². The number of aliphatic hydroxyl groups is 1. The fourth-order valence-corrected chi connectivity index (χ4v) is 2.27. The van der Waals surface area contributed by atoms with Crippen LogP contribution < -0.4 is 5.73 Å². The summed E-state index contributed by atoms with van der Waals surface area (Å²) in [4.78, 5) is 11.7.